The minimum atomic E-state index is -0.0883. The number of nitrogens with zero attached hydrogens (tertiary/aromatic N) is 2. The van der Waals surface area contributed by atoms with Gasteiger partial charge in [0.15, 0.2) is 0 Å². The molecule has 2 aromatic heterocycles. The molecule has 2 nitrogen and oxygen atoms in total. The molecular formula is C66H41BN2S2. The Morgan fingerprint density at radius 1 is 0.296 bits per heavy atom. The van der Waals surface area contributed by atoms with E-state index >= 15 is 0 Å². The molecule has 5 heteroatoms. The van der Waals surface area contributed by atoms with Crippen LogP contribution in [0.1, 0.15) is 0 Å². The van der Waals surface area contributed by atoms with Crippen molar-refractivity contribution in [1.29, 1.82) is 0 Å². The maximum atomic E-state index is 2.61. The summed E-state index contributed by atoms with van der Waals surface area (Å²) >= 11 is 3.80. The van der Waals surface area contributed by atoms with Gasteiger partial charge in [-0.15, -0.1) is 22.7 Å². The first-order valence-electron chi connectivity index (χ1n) is 24.4. The molecule has 0 N–H and O–H groups in total. The molecule has 0 radical (unpaired) electrons. The van der Waals surface area contributed by atoms with Crippen LogP contribution in [0.3, 0.4) is 0 Å². The minimum absolute atomic E-state index is 0.0883. The summed E-state index contributed by atoms with van der Waals surface area (Å²) in [4.78, 5) is 5.12. The molecule has 13 aromatic rings. The van der Waals surface area contributed by atoms with Crippen LogP contribution in [0.4, 0.5) is 34.1 Å². The second kappa shape index (κ2) is 16.0. The van der Waals surface area contributed by atoms with Crippen molar-refractivity contribution in [2.45, 2.75) is 0 Å². The fraction of sp³-hybridized carbons (Fsp3) is 0. The Morgan fingerprint density at radius 2 is 0.718 bits per heavy atom. The van der Waals surface area contributed by atoms with Gasteiger partial charge in [0.05, 0.1) is 5.69 Å². The monoisotopic (exact) mass is 936 g/mol. The van der Waals surface area contributed by atoms with E-state index in [2.05, 4.69) is 259 Å². The Morgan fingerprint density at radius 3 is 1.27 bits per heavy atom. The lowest BCUT2D eigenvalue weighted by Crippen LogP contribution is -2.61. The molecule has 2 aliphatic heterocycles. The van der Waals surface area contributed by atoms with Crippen molar-refractivity contribution in [3.8, 4) is 44.5 Å². The summed E-state index contributed by atoms with van der Waals surface area (Å²) in [6.07, 6.45) is 0. The van der Waals surface area contributed by atoms with Crippen LogP contribution in [0.2, 0.25) is 0 Å². The predicted octanol–water partition coefficient (Wildman–Crippen LogP) is 17.2. The summed E-state index contributed by atoms with van der Waals surface area (Å²) in [6, 6.07) is 92.7. The van der Waals surface area contributed by atoms with Crippen LogP contribution >= 0.6 is 22.7 Å². The van der Waals surface area contributed by atoms with E-state index in [0.29, 0.717) is 0 Å². The van der Waals surface area contributed by atoms with Gasteiger partial charge in [-0.05, 0) is 98.3 Å². The molecule has 0 saturated carbocycles. The highest BCUT2D eigenvalue weighted by molar-refractivity contribution is 7.26. The van der Waals surface area contributed by atoms with E-state index in [4.69, 9.17) is 0 Å². The standard InChI is InChI=1S/C66H41BN2S2/c1-4-18-42(19-5-1)47-26-14-27-48(43-20-6-2-7-21-43)64(47)69-58-39-37-45(50-29-16-31-54-52-25-11-13-35-62(52)71-66(50)54)41-56(58)67-55-40-44(49-28-15-30-53-51-24-10-12-34-61(51)70-65(49)53)36-38-57(55)68(46-22-8-3-9-23-46)59-32-17-33-60(69)63(59)67/h1-41H. The number of hydrogen-bond acceptors (Lipinski definition) is 4. The van der Waals surface area contributed by atoms with Crippen LogP contribution in [0.15, 0.2) is 249 Å². The fourth-order valence-corrected chi connectivity index (χ4v) is 14.3. The number of rotatable bonds is 6. The zero-order valence-corrected chi connectivity index (χ0v) is 40.1. The van der Waals surface area contributed by atoms with Crippen LogP contribution < -0.4 is 26.2 Å². The molecule has 15 rings (SSSR count). The van der Waals surface area contributed by atoms with Crippen molar-refractivity contribution in [2.24, 2.45) is 0 Å². The largest absolute Gasteiger partial charge is 0.311 e. The van der Waals surface area contributed by atoms with E-state index in [1.165, 1.54) is 130 Å². The molecule has 0 amide bonds. The summed E-state index contributed by atoms with van der Waals surface area (Å²) in [5.41, 5.74) is 20.6. The van der Waals surface area contributed by atoms with Gasteiger partial charge >= 0.3 is 0 Å². The molecule has 71 heavy (non-hydrogen) atoms. The Labute approximate surface area is 420 Å². The second-order valence-corrected chi connectivity index (χ2v) is 20.8. The summed E-state index contributed by atoms with van der Waals surface area (Å²) in [6.45, 7) is -0.0883. The Bertz CT molecular complexity index is 4200. The number of fused-ring (bicyclic) bond motifs is 10. The average Bonchev–Trinajstić information content (AvgIpc) is 4.02. The SMILES string of the molecule is c1ccc(-c2cccc(-c3ccccc3)c2N2c3ccc(-c4cccc5c4sc4ccccc45)cc3B3c4cc(-c5cccc6c5sc5ccccc56)ccc4N(c4ccccc4)c4cccc2c43)cc1. The van der Waals surface area contributed by atoms with E-state index in [9.17, 15) is 0 Å². The molecular weight excluding hydrogens is 896 g/mol. The zero-order chi connectivity index (χ0) is 46.6. The number of thiophene rings is 2. The topological polar surface area (TPSA) is 6.48 Å². The van der Waals surface area contributed by atoms with Gasteiger partial charge in [-0.3, -0.25) is 0 Å². The zero-order valence-electron chi connectivity index (χ0n) is 38.5. The molecule has 0 bridgehead atoms. The van der Waals surface area contributed by atoms with E-state index < -0.39 is 0 Å². The quantitative estimate of drug-likeness (QED) is 0.153. The maximum Gasteiger partial charge on any atom is 0.252 e. The summed E-state index contributed by atoms with van der Waals surface area (Å²) < 4.78 is 5.27. The van der Waals surface area contributed by atoms with Gasteiger partial charge in [0.2, 0.25) is 0 Å². The van der Waals surface area contributed by atoms with Crippen molar-refractivity contribution < 1.29 is 0 Å². The molecule has 0 aliphatic carbocycles. The third-order valence-electron chi connectivity index (χ3n) is 14.9. The average molecular weight is 937 g/mol. The van der Waals surface area contributed by atoms with E-state index in [-0.39, 0.29) is 6.71 Å². The first-order valence-corrected chi connectivity index (χ1v) is 26.0. The molecule has 0 unspecified atom stereocenters. The van der Waals surface area contributed by atoms with Crippen LogP contribution in [0.25, 0.3) is 84.9 Å². The van der Waals surface area contributed by atoms with E-state index in [1.54, 1.807) is 0 Å². The summed E-state index contributed by atoms with van der Waals surface area (Å²) in [7, 11) is 0. The second-order valence-electron chi connectivity index (χ2n) is 18.7. The number of benzene rings is 11. The minimum Gasteiger partial charge on any atom is -0.311 e. The summed E-state index contributed by atoms with van der Waals surface area (Å²) in [5.74, 6) is 0. The number of para-hydroxylation sites is 2. The third kappa shape index (κ3) is 6.20. The lowest BCUT2D eigenvalue weighted by atomic mass is 9.33. The van der Waals surface area contributed by atoms with Gasteiger partial charge in [0.25, 0.3) is 6.71 Å². The molecule has 11 aromatic carbocycles. The molecule has 2 aliphatic rings. The van der Waals surface area contributed by atoms with Crippen LogP contribution in [0, 0.1) is 0 Å². The molecule has 0 spiro atoms. The molecule has 0 saturated heterocycles. The third-order valence-corrected chi connectivity index (χ3v) is 17.3. The van der Waals surface area contributed by atoms with Gasteiger partial charge in [-0.1, -0.05) is 200 Å². The Balaban J connectivity index is 1.05. The Hall–Kier alpha value is -8.48. The lowest BCUT2D eigenvalue weighted by molar-refractivity contribution is 1.25. The fourth-order valence-electron chi connectivity index (χ4n) is 11.8. The van der Waals surface area contributed by atoms with E-state index in [0.717, 1.165) is 5.69 Å². The highest BCUT2D eigenvalue weighted by atomic mass is 32.1. The van der Waals surface area contributed by atoms with Crippen LogP contribution in [-0.4, -0.2) is 6.71 Å². The van der Waals surface area contributed by atoms with Gasteiger partial charge < -0.3 is 9.80 Å². The Kier molecular flexibility index (Phi) is 9.13. The van der Waals surface area contributed by atoms with Gasteiger partial charge in [0.1, 0.15) is 0 Å². The van der Waals surface area contributed by atoms with Crippen molar-refractivity contribution in [3.63, 3.8) is 0 Å². The molecule has 4 heterocycles. The number of hydrogen-bond donors (Lipinski definition) is 0. The summed E-state index contributed by atoms with van der Waals surface area (Å²) in [5, 5.41) is 5.24. The van der Waals surface area contributed by atoms with Gasteiger partial charge in [-0.25, -0.2) is 0 Å². The first-order chi connectivity index (χ1) is 35.2. The van der Waals surface area contributed by atoms with Crippen molar-refractivity contribution >= 4 is 120 Å². The van der Waals surface area contributed by atoms with Crippen molar-refractivity contribution in [3.05, 3.63) is 249 Å². The number of anilines is 6. The molecule has 0 fully saturated rings. The molecule has 0 atom stereocenters. The van der Waals surface area contributed by atoms with Gasteiger partial charge in [-0.2, -0.15) is 0 Å². The van der Waals surface area contributed by atoms with Crippen molar-refractivity contribution in [1.82, 2.24) is 0 Å². The molecule has 330 valence electrons. The smallest absolute Gasteiger partial charge is 0.252 e. The highest BCUT2D eigenvalue weighted by Crippen LogP contribution is 2.51. The normalized spacial score (nSPS) is 12.7. The first kappa shape index (κ1) is 40.4. The van der Waals surface area contributed by atoms with E-state index in [1.807, 2.05) is 22.7 Å². The maximum absolute atomic E-state index is 2.61. The highest BCUT2D eigenvalue weighted by Gasteiger charge is 2.44. The van der Waals surface area contributed by atoms with Crippen molar-refractivity contribution in [2.75, 3.05) is 9.80 Å². The van der Waals surface area contributed by atoms with Crippen LogP contribution in [0.5, 0.6) is 0 Å². The lowest BCUT2D eigenvalue weighted by Gasteiger charge is -2.45. The van der Waals surface area contributed by atoms with Crippen LogP contribution in [-0.2, 0) is 0 Å². The van der Waals surface area contributed by atoms with Gasteiger partial charge in [0, 0.05) is 79.9 Å². The predicted molar refractivity (Wildman–Crippen MR) is 308 cm³/mol.